The molecule has 0 bridgehead atoms. The number of nitrogens with one attached hydrogen (secondary N) is 1. The molecule has 2 aromatic rings. The van der Waals surface area contributed by atoms with E-state index in [0.29, 0.717) is 12.1 Å². The number of hydrogen-bond donors (Lipinski definition) is 1. The molecular formula is C24H31N3O2. The molecule has 1 aliphatic rings. The van der Waals surface area contributed by atoms with E-state index >= 15 is 0 Å². The molecule has 29 heavy (non-hydrogen) atoms. The molecule has 5 nitrogen and oxygen atoms in total. The lowest BCUT2D eigenvalue weighted by Gasteiger charge is -2.35. The third kappa shape index (κ3) is 6.43. The molecule has 0 aromatic heterocycles. The van der Waals surface area contributed by atoms with Crippen LogP contribution < -0.4 is 5.32 Å². The van der Waals surface area contributed by atoms with Crippen LogP contribution in [0.4, 0.5) is 0 Å². The lowest BCUT2D eigenvalue weighted by molar-refractivity contribution is 0.0951. The maximum atomic E-state index is 12.4. The second-order valence-corrected chi connectivity index (χ2v) is 8.18. The molecule has 1 fully saturated rings. The molecule has 1 aliphatic heterocycles. The number of benzene rings is 2. The molecule has 3 rings (SSSR count). The maximum absolute atomic E-state index is 12.4. The van der Waals surface area contributed by atoms with Crippen molar-refractivity contribution in [3.05, 3.63) is 70.8 Å². The van der Waals surface area contributed by atoms with Gasteiger partial charge in [0, 0.05) is 31.7 Å². The van der Waals surface area contributed by atoms with E-state index in [1.54, 1.807) is 18.3 Å². The van der Waals surface area contributed by atoms with Gasteiger partial charge in [-0.05, 0) is 47.1 Å². The highest BCUT2D eigenvalue weighted by atomic mass is 16.6. The van der Waals surface area contributed by atoms with Crippen molar-refractivity contribution < 1.29 is 9.63 Å². The van der Waals surface area contributed by atoms with E-state index in [1.165, 1.54) is 32.2 Å². The van der Waals surface area contributed by atoms with Crippen LogP contribution in [0.3, 0.4) is 0 Å². The number of hydrogen-bond acceptors (Lipinski definition) is 4. The zero-order valence-corrected chi connectivity index (χ0v) is 17.6. The van der Waals surface area contributed by atoms with Gasteiger partial charge in [0.2, 0.25) is 0 Å². The molecule has 1 heterocycles. The first-order valence-electron chi connectivity index (χ1n) is 10.3. The van der Waals surface area contributed by atoms with Crippen molar-refractivity contribution in [3.8, 4) is 0 Å². The third-order valence-corrected chi connectivity index (χ3v) is 5.31. The van der Waals surface area contributed by atoms with E-state index in [9.17, 15) is 4.79 Å². The van der Waals surface area contributed by atoms with E-state index in [0.717, 1.165) is 29.5 Å². The number of nitrogens with zero attached hydrogens (tertiary/aromatic N) is 2. The van der Waals surface area contributed by atoms with E-state index in [2.05, 4.69) is 58.3 Å². The van der Waals surface area contributed by atoms with Crippen LogP contribution in [0.25, 0.3) is 0 Å². The Balaban J connectivity index is 1.49. The Labute approximate surface area is 173 Å². The van der Waals surface area contributed by atoms with Crippen molar-refractivity contribution in [2.45, 2.75) is 33.4 Å². The van der Waals surface area contributed by atoms with E-state index in [4.69, 9.17) is 0 Å². The Morgan fingerprint density at radius 3 is 2.31 bits per heavy atom. The summed E-state index contributed by atoms with van der Waals surface area (Å²) in [6.07, 6.45) is 2.94. The first kappa shape index (κ1) is 21.1. The van der Waals surface area contributed by atoms with Crippen LogP contribution in [-0.2, 0) is 17.9 Å². The van der Waals surface area contributed by atoms with Crippen molar-refractivity contribution in [2.24, 2.45) is 17.0 Å². The zero-order chi connectivity index (χ0) is 20.6. The van der Waals surface area contributed by atoms with Crippen LogP contribution in [0.2, 0.25) is 0 Å². The van der Waals surface area contributed by atoms with Gasteiger partial charge in [0.05, 0.1) is 6.21 Å². The molecule has 154 valence electrons. The lowest BCUT2D eigenvalue weighted by atomic mass is 9.91. The third-order valence-electron chi connectivity index (χ3n) is 5.31. The number of carbonyl (C=O) groups excluding carboxylic acids is 1. The van der Waals surface area contributed by atoms with Crippen LogP contribution >= 0.6 is 0 Å². The molecule has 0 radical (unpaired) electrons. The lowest BCUT2D eigenvalue weighted by Crippen LogP contribution is -2.38. The van der Waals surface area contributed by atoms with Crippen molar-refractivity contribution in [3.63, 3.8) is 0 Å². The second kappa shape index (κ2) is 10.2. The number of amides is 1. The van der Waals surface area contributed by atoms with Crippen LogP contribution in [0.5, 0.6) is 0 Å². The van der Waals surface area contributed by atoms with Gasteiger partial charge in [-0.15, -0.1) is 0 Å². The second-order valence-electron chi connectivity index (χ2n) is 8.18. The number of piperidine rings is 1. The summed E-state index contributed by atoms with van der Waals surface area (Å²) in [5.74, 6) is 1.46. The molecule has 2 unspecified atom stereocenters. The average Bonchev–Trinajstić information content (AvgIpc) is 2.71. The maximum Gasteiger partial charge on any atom is 0.251 e. The Morgan fingerprint density at radius 1 is 1.07 bits per heavy atom. The monoisotopic (exact) mass is 393 g/mol. The summed E-state index contributed by atoms with van der Waals surface area (Å²) in [7, 11) is 1.50. The Hall–Kier alpha value is -2.66. The van der Waals surface area contributed by atoms with Gasteiger partial charge in [0.1, 0.15) is 7.11 Å². The summed E-state index contributed by atoms with van der Waals surface area (Å²) in [6, 6.07) is 15.8. The summed E-state index contributed by atoms with van der Waals surface area (Å²) in [5, 5.41) is 6.70. The van der Waals surface area contributed by atoms with Crippen LogP contribution in [0.15, 0.2) is 53.7 Å². The van der Waals surface area contributed by atoms with E-state index in [1.807, 2.05) is 12.1 Å². The van der Waals surface area contributed by atoms with Crippen LogP contribution in [0, 0.1) is 11.8 Å². The molecular weight excluding hydrogens is 362 g/mol. The smallest absolute Gasteiger partial charge is 0.251 e. The van der Waals surface area contributed by atoms with Crippen molar-refractivity contribution in [1.29, 1.82) is 0 Å². The highest BCUT2D eigenvalue weighted by Gasteiger charge is 2.21. The van der Waals surface area contributed by atoms with Crippen molar-refractivity contribution in [2.75, 3.05) is 20.2 Å². The van der Waals surface area contributed by atoms with Gasteiger partial charge in [0.15, 0.2) is 0 Å². The SMILES string of the molecule is CO/N=C/c1ccc(C(=O)NCc2ccc(CN3CC(C)CC(C)C3)cc2)cc1. The molecule has 1 saturated heterocycles. The standard InChI is InChI=1S/C24H31N3O2/c1-18-12-19(2)16-27(15-18)17-22-6-4-20(5-7-22)13-25-24(28)23-10-8-21(9-11-23)14-26-29-3/h4-11,14,18-19H,12-13,15-17H2,1-3H3,(H,25,28)/b26-14+. The summed E-state index contributed by atoms with van der Waals surface area (Å²) in [6.45, 7) is 8.56. The van der Waals surface area contributed by atoms with Gasteiger partial charge < -0.3 is 10.2 Å². The van der Waals surface area contributed by atoms with Crippen molar-refractivity contribution >= 4 is 12.1 Å². The molecule has 0 spiro atoms. The minimum atomic E-state index is -0.0828. The summed E-state index contributed by atoms with van der Waals surface area (Å²) < 4.78 is 0. The number of oxime groups is 1. The fourth-order valence-electron chi connectivity index (χ4n) is 4.06. The minimum Gasteiger partial charge on any atom is -0.399 e. The van der Waals surface area contributed by atoms with Gasteiger partial charge in [-0.2, -0.15) is 0 Å². The predicted molar refractivity (Wildman–Crippen MR) is 117 cm³/mol. The Bertz CT molecular complexity index is 805. The minimum absolute atomic E-state index is 0.0828. The van der Waals surface area contributed by atoms with Crippen molar-refractivity contribution in [1.82, 2.24) is 10.2 Å². The fraction of sp³-hybridized carbons (Fsp3) is 0.417. The Morgan fingerprint density at radius 2 is 1.69 bits per heavy atom. The number of likely N-dealkylation sites (tertiary alicyclic amines) is 1. The predicted octanol–water partition coefficient (Wildman–Crippen LogP) is 4.07. The first-order chi connectivity index (χ1) is 14.0. The topological polar surface area (TPSA) is 53.9 Å². The quantitative estimate of drug-likeness (QED) is 0.570. The fourth-order valence-corrected chi connectivity index (χ4v) is 4.06. The average molecular weight is 394 g/mol. The molecule has 1 amide bonds. The molecule has 5 heteroatoms. The number of rotatable bonds is 7. The summed E-state index contributed by atoms with van der Waals surface area (Å²) in [4.78, 5) is 19.6. The molecule has 0 aliphatic carbocycles. The van der Waals surface area contributed by atoms with Gasteiger partial charge in [0.25, 0.3) is 5.91 Å². The molecule has 2 atom stereocenters. The summed E-state index contributed by atoms with van der Waals surface area (Å²) in [5.41, 5.74) is 3.95. The van der Waals surface area contributed by atoms with Crippen LogP contribution in [-0.4, -0.2) is 37.2 Å². The molecule has 1 N–H and O–H groups in total. The van der Waals surface area contributed by atoms with E-state index in [-0.39, 0.29) is 5.91 Å². The van der Waals surface area contributed by atoms with Gasteiger partial charge in [-0.1, -0.05) is 55.4 Å². The first-order valence-corrected chi connectivity index (χ1v) is 10.3. The number of carbonyl (C=O) groups is 1. The molecule has 2 aromatic carbocycles. The largest absolute Gasteiger partial charge is 0.399 e. The van der Waals surface area contributed by atoms with Gasteiger partial charge >= 0.3 is 0 Å². The van der Waals surface area contributed by atoms with Gasteiger partial charge in [-0.25, -0.2) is 0 Å². The highest BCUT2D eigenvalue weighted by Crippen LogP contribution is 2.22. The highest BCUT2D eigenvalue weighted by molar-refractivity contribution is 5.94. The zero-order valence-electron chi connectivity index (χ0n) is 17.6. The van der Waals surface area contributed by atoms with E-state index < -0.39 is 0 Å². The summed E-state index contributed by atoms with van der Waals surface area (Å²) >= 11 is 0. The Kier molecular flexibility index (Phi) is 7.42. The molecule has 0 saturated carbocycles. The normalized spacial score (nSPS) is 20.0. The van der Waals surface area contributed by atoms with Gasteiger partial charge in [-0.3, -0.25) is 9.69 Å². The van der Waals surface area contributed by atoms with Crippen LogP contribution in [0.1, 0.15) is 47.3 Å².